The Morgan fingerprint density at radius 1 is 1.00 bits per heavy atom. The van der Waals surface area contributed by atoms with Crippen molar-refractivity contribution in [3.8, 4) is 40.2 Å². The predicted molar refractivity (Wildman–Crippen MR) is 249 cm³/mol. The number of phenols is 1. The number of alkyl halides is 3. The van der Waals surface area contributed by atoms with Gasteiger partial charge in [0.2, 0.25) is 3.79 Å². The van der Waals surface area contributed by atoms with E-state index in [1.165, 1.54) is 22.9 Å². The molecule has 348 valence electrons. The Bertz CT molecular complexity index is 2560. The van der Waals surface area contributed by atoms with Gasteiger partial charge >= 0.3 is 12.1 Å². The number of ether oxygens (including phenoxy) is 5. The number of thioether (sulfide) groups is 1. The van der Waals surface area contributed by atoms with E-state index in [0.717, 1.165) is 27.8 Å². The number of nitrogens with one attached hydrogen (secondary N) is 1. The predicted octanol–water partition coefficient (Wildman–Crippen LogP) is 8.15. The quantitative estimate of drug-likeness (QED) is 0.0572. The molecular weight excluding hydrogens is 931 g/mol. The van der Waals surface area contributed by atoms with Crippen LogP contribution in [0.15, 0.2) is 54.6 Å². The minimum Gasteiger partial charge on any atom is -0.507 e. The van der Waals surface area contributed by atoms with E-state index in [9.17, 15) is 20.0 Å². The Kier molecular flexibility index (Phi) is 13.2. The Morgan fingerprint density at radius 2 is 1.71 bits per heavy atom. The highest BCUT2D eigenvalue weighted by molar-refractivity contribution is 7.99. The first-order chi connectivity index (χ1) is 31.8. The summed E-state index contributed by atoms with van der Waals surface area (Å²) in [5.74, 6) is 1.60. The summed E-state index contributed by atoms with van der Waals surface area (Å²) >= 11 is 19.2. The molecule has 6 atom stereocenters. The van der Waals surface area contributed by atoms with Gasteiger partial charge < -0.3 is 39.0 Å². The van der Waals surface area contributed by atoms with Gasteiger partial charge in [-0.1, -0.05) is 89.4 Å². The maximum atomic E-state index is 14.6. The number of rotatable bonds is 13. The Morgan fingerprint density at radius 3 is 2.38 bits per heavy atom. The highest BCUT2D eigenvalue weighted by Gasteiger charge is 2.57. The summed E-state index contributed by atoms with van der Waals surface area (Å²) in [7, 11) is 5.15. The number of alkyl carbamates (subject to hydrolysis) is 1. The molecule has 2 N–H and O–H groups in total. The number of amides is 1. The van der Waals surface area contributed by atoms with Crippen LogP contribution in [0, 0.1) is 25.2 Å². The fourth-order valence-corrected chi connectivity index (χ4v) is 12.1. The van der Waals surface area contributed by atoms with Crippen molar-refractivity contribution in [3.05, 3.63) is 105 Å². The number of piperazine rings is 1. The minimum absolute atomic E-state index is 0.0288. The highest BCUT2D eigenvalue weighted by Crippen LogP contribution is 2.57. The van der Waals surface area contributed by atoms with Crippen LogP contribution in [-0.4, -0.2) is 108 Å². The zero-order valence-electron chi connectivity index (χ0n) is 36.9. The van der Waals surface area contributed by atoms with Gasteiger partial charge in [-0.05, 0) is 67.1 Å². The van der Waals surface area contributed by atoms with Gasteiger partial charge in [0.05, 0.1) is 25.3 Å². The van der Waals surface area contributed by atoms with Crippen molar-refractivity contribution in [2.75, 3.05) is 52.8 Å². The molecule has 2 bridgehead atoms. The smallest absolute Gasteiger partial charge is 0.408 e. The molecule has 4 heterocycles. The highest BCUT2D eigenvalue weighted by atomic mass is 35.6. The zero-order chi connectivity index (χ0) is 46.6. The molecule has 9 rings (SSSR count). The van der Waals surface area contributed by atoms with Crippen LogP contribution in [-0.2, 0) is 43.3 Å². The number of nitrogens with zero attached hydrogens (tertiary/aromatic N) is 3. The molecule has 1 saturated heterocycles. The van der Waals surface area contributed by atoms with E-state index in [-0.39, 0.29) is 49.5 Å². The average molecular weight is 980 g/mol. The van der Waals surface area contributed by atoms with Crippen LogP contribution in [0.3, 0.4) is 0 Å². The third-order valence-corrected chi connectivity index (χ3v) is 15.0. The molecular formula is C48H49Cl3N4O10S. The van der Waals surface area contributed by atoms with Gasteiger partial charge in [-0.15, -0.1) is 0 Å². The molecule has 1 fully saturated rings. The van der Waals surface area contributed by atoms with Crippen LogP contribution in [0.2, 0.25) is 0 Å². The lowest BCUT2D eigenvalue weighted by Crippen LogP contribution is -2.68. The largest absolute Gasteiger partial charge is 0.507 e. The number of phenolic OH excluding ortho intramolecular Hbond substituents is 1. The molecule has 0 radical (unpaired) electrons. The number of hydrogen-bond acceptors (Lipinski definition) is 14. The average Bonchev–Trinajstić information content (AvgIpc) is 3.91. The summed E-state index contributed by atoms with van der Waals surface area (Å²) in [5, 5.41) is 25.9. The summed E-state index contributed by atoms with van der Waals surface area (Å²) in [6, 6.07) is 17.3. The first kappa shape index (κ1) is 46.5. The number of carbonyl (C=O) groups excluding carboxylic acids is 2. The Labute approximate surface area is 402 Å². The molecule has 5 aliphatic rings. The number of fused-ring (bicyclic) bond motifs is 12. The molecule has 4 aromatic carbocycles. The molecule has 66 heavy (non-hydrogen) atoms. The second kappa shape index (κ2) is 18.8. The molecule has 4 aliphatic heterocycles. The van der Waals surface area contributed by atoms with E-state index >= 15 is 0 Å². The molecule has 1 amide bonds. The minimum atomic E-state index is -1.88. The summed E-state index contributed by atoms with van der Waals surface area (Å²) in [4.78, 5) is 43.5. The van der Waals surface area contributed by atoms with Crippen LogP contribution >= 0.6 is 46.6 Å². The summed E-state index contributed by atoms with van der Waals surface area (Å²) in [5.41, 5.74) is 9.90. The second-order valence-electron chi connectivity index (χ2n) is 17.2. The van der Waals surface area contributed by atoms with Crippen molar-refractivity contribution in [1.82, 2.24) is 15.1 Å². The number of esters is 1. The topological polar surface area (TPSA) is 161 Å². The van der Waals surface area contributed by atoms with E-state index < -0.39 is 46.6 Å². The van der Waals surface area contributed by atoms with Gasteiger partial charge in [-0.3, -0.25) is 9.80 Å². The van der Waals surface area contributed by atoms with Crippen LogP contribution in [0.1, 0.15) is 68.1 Å². The normalized spacial score (nSPS) is 22.0. The monoisotopic (exact) mass is 978 g/mol. The number of likely N-dealkylation sites (N-methyl/N-ethyl adjacent to an activating group) is 1. The fourth-order valence-electron chi connectivity index (χ4n) is 10.8. The van der Waals surface area contributed by atoms with Crippen molar-refractivity contribution in [3.63, 3.8) is 0 Å². The molecule has 18 heteroatoms. The van der Waals surface area contributed by atoms with E-state index in [0.29, 0.717) is 58.1 Å². The van der Waals surface area contributed by atoms with Crippen LogP contribution < -0.4 is 19.7 Å². The Hall–Kier alpha value is -4.63. The van der Waals surface area contributed by atoms with Crippen molar-refractivity contribution < 1.29 is 48.2 Å². The van der Waals surface area contributed by atoms with Crippen LogP contribution in [0.25, 0.3) is 11.1 Å². The molecule has 1 aliphatic carbocycles. The number of hydrogen-bond donors (Lipinski definition) is 2. The number of benzene rings is 4. The number of nitriles is 1. The zero-order valence-corrected chi connectivity index (χ0v) is 40.0. The van der Waals surface area contributed by atoms with E-state index in [1.807, 2.05) is 45.2 Å². The SMILES string of the molecule is COCOc1c(OC)c(C)cc2c1[C@@H]1C3Cc4c(O)c(C)c5c(c4[C@H](COC(=O)[C@H](CSCC4c6ccccc6-c6ccccc64)NC(=O)OCC(Cl)(Cl)Cl)N3C(C#N)[C@@H](C2)N1C)OOC5. The molecule has 14 nitrogen and oxygen atoms in total. The number of aryl methyl sites for hydroxylation is 1. The van der Waals surface area contributed by atoms with Gasteiger partial charge in [-0.25, -0.2) is 9.59 Å². The fraction of sp³-hybridized carbons (Fsp3) is 0.438. The maximum absolute atomic E-state index is 14.6. The maximum Gasteiger partial charge on any atom is 0.408 e. The van der Waals surface area contributed by atoms with Crippen molar-refractivity contribution >= 4 is 58.6 Å². The molecule has 0 saturated carbocycles. The first-order valence-electron chi connectivity index (χ1n) is 21.6. The van der Waals surface area contributed by atoms with Gasteiger partial charge in [0.15, 0.2) is 24.0 Å². The third-order valence-electron chi connectivity index (χ3n) is 13.6. The van der Waals surface area contributed by atoms with Gasteiger partial charge in [0, 0.05) is 64.4 Å². The van der Waals surface area contributed by atoms with Crippen molar-refractivity contribution in [2.24, 2.45) is 0 Å². The third kappa shape index (κ3) is 8.27. The number of methoxy groups -OCH3 is 2. The summed E-state index contributed by atoms with van der Waals surface area (Å²) in [6.07, 6.45) is -0.172. The molecule has 2 unspecified atom stereocenters. The lowest BCUT2D eigenvalue weighted by Gasteiger charge is -2.59. The molecule has 0 aromatic heterocycles. The first-order valence-corrected chi connectivity index (χ1v) is 23.8. The lowest BCUT2D eigenvalue weighted by atomic mass is 9.71. The van der Waals surface area contributed by atoms with Crippen LogP contribution in [0.5, 0.6) is 23.0 Å². The van der Waals surface area contributed by atoms with E-state index in [2.05, 4.69) is 51.5 Å². The van der Waals surface area contributed by atoms with Gasteiger partial charge in [-0.2, -0.15) is 21.9 Å². The molecule has 4 aromatic rings. The van der Waals surface area contributed by atoms with Crippen molar-refractivity contribution in [1.29, 1.82) is 5.26 Å². The standard InChI is InChI=1S/C48H49Cl3N4O10S/c1-24-14-26-15-35-37(17-52)55-36(41(54(35)3)39(26)45(43(24)60-5)63-23-59-4)16-31-40(44-32(18-64-65-44)25(2)42(31)56)38(55)19-61-46(57)34(53-47(58)62-22-48(49,50)51)21-66-20-33-29-12-8-6-10-27(29)28-11-7-9-13-30(28)33/h6-14,33-38,41,56H,15-16,18-23H2,1-5H3,(H,53,58)/t34-,35+,36?,37?,38-,41-/m0/s1. The Balaban J connectivity index is 1.06. The van der Waals surface area contributed by atoms with Crippen molar-refractivity contribution in [2.45, 2.75) is 79.3 Å². The lowest BCUT2D eigenvalue weighted by molar-refractivity contribution is -0.196. The number of carbonyl (C=O) groups is 2. The van der Waals surface area contributed by atoms with Gasteiger partial charge in [0.25, 0.3) is 0 Å². The second-order valence-corrected chi connectivity index (χ2v) is 20.8. The number of halogens is 3. The summed E-state index contributed by atoms with van der Waals surface area (Å²) in [6.45, 7) is 3.00. The van der Waals surface area contributed by atoms with E-state index in [4.69, 9.17) is 68.3 Å². The van der Waals surface area contributed by atoms with Gasteiger partial charge in [0.1, 0.15) is 37.7 Å². The van der Waals surface area contributed by atoms with E-state index in [1.54, 1.807) is 14.2 Å². The summed E-state index contributed by atoms with van der Waals surface area (Å²) < 4.78 is 27.3. The molecule has 0 spiro atoms. The van der Waals surface area contributed by atoms with Crippen LogP contribution in [0.4, 0.5) is 4.79 Å². The number of aromatic hydroxyl groups is 1.